The van der Waals surface area contributed by atoms with Gasteiger partial charge in [0, 0.05) is 31.0 Å². The molecule has 1 aliphatic heterocycles. The van der Waals surface area contributed by atoms with Crippen LogP contribution in [-0.4, -0.2) is 42.0 Å². The van der Waals surface area contributed by atoms with E-state index in [0.717, 1.165) is 31.0 Å². The Hall–Kier alpha value is -3.59. The van der Waals surface area contributed by atoms with Crippen LogP contribution in [0.15, 0.2) is 53.6 Å². The normalized spacial score (nSPS) is 13.9. The van der Waals surface area contributed by atoms with Crippen molar-refractivity contribution in [3.05, 3.63) is 81.9 Å². The molecule has 0 radical (unpaired) electrons. The lowest BCUT2D eigenvalue weighted by Gasteiger charge is -2.27. The number of hydrogen-bond acceptors (Lipinski definition) is 6. The van der Waals surface area contributed by atoms with E-state index >= 15 is 0 Å². The van der Waals surface area contributed by atoms with Crippen LogP contribution < -0.4 is 15.8 Å². The lowest BCUT2D eigenvalue weighted by Crippen LogP contribution is -2.36. The first-order chi connectivity index (χ1) is 14.5. The van der Waals surface area contributed by atoms with E-state index in [4.69, 9.17) is 10.1 Å². The van der Waals surface area contributed by atoms with E-state index in [9.17, 15) is 13.6 Å². The number of morpholine rings is 1. The Morgan fingerprint density at radius 2 is 1.87 bits per heavy atom. The highest BCUT2D eigenvalue weighted by Crippen LogP contribution is 2.25. The minimum Gasteiger partial charge on any atom is -0.378 e. The summed E-state index contributed by atoms with van der Waals surface area (Å²) in [5, 5.41) is 11.1. The second kappa shape index (κ2) is 8.42. The van der Waals surface area contributed by atoms with E-state index in [1.807, 2.05) is 0 Å². The van der Waals surface area contributed by atoms with Crippen LogP contribution in [0.3, 0.4) is 0 Å². The van der Waals surface area contributed by atoms with Gasteiger partial charge in [0.2, 0.25) is 0 Å². The smallest absolute Gasteiger partial charge is 0.259 e. The molecule has 0 saturated carbocycles. The Balaban J connectivity index is 1.65. The highest BCUT2D eigenvalue weighted by atomic mass is 19.1. The lowest BCUT2D eigenvalue weighted by atomic mass is 10.0. The van der Waals surface area contributed by atoms with Crippen molar-refractivity contribution >= 4 is 22.9 Å². The van der Waals surface area contributed by atoms with Crippen molar-refractivity contribution in [3.63, 3.8) is 0 Å². The number of nitrogens with zero attached hydrogens (tertiary/aromatic N) is 2. The number of para-hydroxylation sites is 1. The molecule has 1 saturated heterocycles. The number of ether oxygens (including phenoxy) is 1. The zero-order chi connectivity index (χ0) is 21.1. The van der Waals surface area contributed by atoms with Gasteiger partial charge in [-0.1, -0.05) is 6.07 Å². The Kier molecular flexibility index (Phi) is 5.53. The van der Waals surface area contributed by atoms with Crippen LogP contribution in [0.1, 0.15) is 11.1 Å². The summed E-state index contributed by atoms with van der Waals surface area (Å²) < 4.78 is 33.4. The molecule has 7 nitrogen and oxygen atoms in total. The molecular weight excluding hydrogens is 392 g/mol. The Morgan fingerprint density at radius 3 is 2.53 bits per heavy atom. The quantitative estimate of drug-likeness (QED) is 0.561. The van der Waals surface area contributed by atoms with Crippen LogP contribution in [-0.2, 0) is 4.74 Å². The van der Waals surface area contributed by atoms with E-state index in [-0.39, 0.29) is 17.0 Å². The molecule has 3 aromatic rings. The highest BCUT2D eigenvalue weighted by molar-refractivity contribution is 6.14. The summed E-state index contributed by atoms with van der Waals surface area (Å²) in [6.07, 6.45) is 2.85. The van der Waals surface area contributed by atoms with Gasteiger partial charge in [0.15, 0.2) is 0 Å². The number of H-pyrrole nitrogens is 1. The molecule has 0 atom stereocenters. The minimum atomic E-state index is -0.802. The van der Waals surface area contributed by atoms with Gasteiger partial charge in [-0.15, -0.1) is 0 Å². The number of aromatic nitrogens is 2. The SMILES string of the molecule is N=C(c1ccc(N2CCOCC2)nc1)c1c(Nc2c(F)cccc2F)cc[nH]c1=O. The standard InChI is InChI=1S/C21H19F2N5O2/c22-14-2-1-3-15(23)20(14)27-16-6-7-25-21(29)18(16)19(24)13-4-5-17(26-12-13)28-8-10-30-11-9-28/h1-7,12,24H,8-11H2,(H2,25,27,29). The maximum absolute atomic E-state index is 14.0. The van der Waals surface area contributed by atoms with Crippen molar-refractivity contribution in [2.45, 2.75) is 0 Å². The summed E-state index contributed by atoms with van der Waals surface area (Å²) in [6.45, 7) is 2.70. The first-order valence-corrected chi connectivity index (χ1v) is 9.35. The fourth-order valence-corrected chi connectivity index (χ4v) is 3.24. The number of rotatable bonds is 5. The molecule has 1 fully saturated rings. The van der Waals surface area contributed by atoms with Gasteiger partial charge in [-0.25, -0.2) is 13.8 Å². The maximum Gasteiger partial charge on any atom is 0.259 e. The van der Waals surface area contributed by atoms with E-state index in [0.29, 0.717) is 18.8 Å². The molecule has 3 N–H and O–H groups in total. The predicted octanol–water partition coefficient (Wildman–Crippen LogP) is 3.04. The van der Waals surface area contributed by atoms with Gasteiger partial charge in [-0.05, 0) is 30.3 Å². The molecule has 9 heteroatoms. The topological polar surface area (TPSA) is 94.1 Å². The lowest BCUT2D eigenvalue weighted by molar-refractivity contribution is 0.122. The zero-order valence-corrected chi connectivity index (χ0v) is 15.9. The molecule has 0 unspecified atom stereocenters. The van der Waals surface area contributed by atoms with Gasteiger partial charge < -0.3 is 19.9 Å². The first-order valence-electron chi connectivity index (χ1n) is 9.35. The largest absolute Gasteiger partial charge is 0.378 e. The number of aromatic amines is 1. The van der Waals surface area contributed by atoms with Crippen LogP contribution in [0.2, 0.25) is 0 Å². The number of hydrogen-bond donors (Lipinski definition) is 3. The van der Waals surface area contributed by atoms with E-state index in [2.05, 4.69) is 20.2 Å². The predicted molar refractivity (Wildman–Crippen MR) is 110 cm³/mol. The summed E-state index contributed by atoms with van der Waals surface area (Å²) in [7, 11) is 0. The Bertz CT molecular complexity index is 1100. The Morgan fingerprint density at radius 1 is 1.13 bits per heavy atom. The monoisotopic (exact) mass is 411 g/mol. The minimum absolute atomic E-state index is 0.0407. The first kappa shape index (κ1) is 19.7. The average molecular weight is 411 g/mol. The molecule has 3 heterocycles. The molecule has 154 valence electrons. The van der Waals surface area contributed by atoms with Crippen molar-refractivity contribution in [1.29, 1.82) is 5.41 Å². The second-order valence-electron chi connectivity index (χ2n) is 6.70. The third-order valence-corrected chi connectivity index (χ3v) is 4.80. The van der Waals surface area contributed by atoms with Crippen LogP contribution >= 0.6 is 0 Å². The molecule has 0 spiro atoms. The molecule has 30 heavy (non-hydrogen) atoms. The number of benzene rings is 1. The third kappa shape index (κ3) is 3.92. The zero-order valence-electron chi connectivity index (χ0n) is 15.9. The van der Waals surface area contributed by atoms with E-state index in [1.165, 1.54) is 24.5 Å². The van der Waals surface area contributed by atoms with Crippen molar-refractivity contribution in [2.24, 2.45) is 0 Å². The fraction of sp³-hybridized carbons (Fsp3) is 0.190. The number of pyridine rings is 2. The van der Waals surface area contributed by atoms with Crippen molar-refractivity contribution < 1.29 is 13.5 Å². The van der Waals surface area contributed by atoms with E-state index in [1.54, 1.807) is 12.1 Å². The Labute approximate surface area is 170 Å². The molecule has 1 aliphatic rings. The third-order valence-electron chi connectivity index (χ3n) is 4.80. The second-order valence-corrected chi connectivity index (χ2v) is 6.70. The van der Waals surface area contributed by atoms with Crippen LogP contribution in [0, 0.1) is 17.0 Å². The number of anilines is 3. The maximum atomic E-state index is 14.0. The fourth-order valence-electron chi connectivity index (χ4n) is 3.24. The van der Waals surface area contributed by atoms with Gasteiger partial charge in [-0.2, -0.15) is 0 Å². The molecule has 4 rings (SSSR count). The summed E-state index contributed by atoms with van der Waals surface area (Å²) in [5.74, 6) is -0.850. The number of nitrogens with one attached hydrogen (secondary N) is 3. The molecular formula is C21H19F2N5O2. The molecule has 0 amide bonds. The van der Waals surface area contributed by atoms with Crippen molar-refractivity contribution in [3.8, 4) is 0 Å². The average Bonchev–Trinajstić information content (AvgIpc) is 2.77. The van der Waals surface area contributed by atoms with Gasteiger partial charge >= 0.3 is 0 Å². The van der Waals surface area contributed by atoms with Crippen molar-refractivity contribution in [2.75, 3.05) is 36.5 Å². The van der Waals surface area contributed by atoms with Crippen LogP contribution in [0.4, 0.5) is 26.0 Å². The molecule has 2 aromatic heterocycles. The molecule has 1 aromatic carbocycles. The van der Waals surface area contributed by atoms with Crippen LogP contribution in [0.5, 0.6) is 0 Å². The van der Waals surface area contributed by atoms with Gasteiger partial charge in [0.25, 0.3) is 5.56 Å². The molecule has 0 bridgehead atoms. The van der Waals surface area contributed by atoms with Gasteiger partial charge in [0.1, 0.15) is 23.1 Å². The van der Waals surface area contributed by atoms with E-state index < -0.39 is 22.9 Å². The number of halogens is 2. The summed E-state index contributed by atoms with van der Waals surface area (Å²) in [5.41, 5.74) is -0.582. The van der Waals surface area contributed by atoms with Crippen LogP contribution in [0.25, 0.3) is 0 Å². The summed E-state index contributed by atoms with van der Waals surface area (Å²) in [6, 6.07) is 8.39. The molecule has 0 aliphatic carbocycles. The highest BCUT2D eigenvalue weighted by Gasteiger charge is 2.18. The van der Waals surface area contributed by atoms with Gasteiger partial charge in [0.05, 0.1) is 30.2 Å². The summed E-state index contributed by atoms with van der Waals surface area (Å²) >= 11 is 0. The summed E-state index contributed by atoms with van der Waals surface area (Å²) in [4.78, 5) is 21.4. The van der Waals surface area contributed by atoms with Crippen molar-refractivity contribution in [1.82, 2.24) is 9.97 Å². The van der Waals surface area contributed by atoms with Gasteiger partial charge in [-0.3, -0.25) is 10.2 Å².